The maximum absolute atomic E-state index is 11.9. The van der Waals surface area contributed by atoms with Gasteiger partial charge in [-0.2, -0.15) is 5.26 Å². The molecule has 1 amide bonds. The van der Waals surface area contributed by atoms with Crippen molar-refractivity contribution >= 4 is 17.8 Å². The standard InChI is InChI=1S/C16H23N3O5/c1-2-24-16(23)12-5-8-19(9-6-12)11-13(10-17)15(22)18-7-3-4-14(20)21/h11-12H,2-9H2,1H3,(H,18,22)(H,20,21)/b13-11-. The number of hydrogen-bond donors (Lipinski definition) is 2. The van der Waals surface area contributed by atoms with Crippen LogP contribution < -0.4 is 5.32 Å². The number of rotatable bonds is 8. The van der Waals surface area contributed by atoms with Gasteiger partial charge in [-0.3, -0.25) is 14.4 Å². The van der Waals surface area contributed by atoms with Gasteiger partial charge in [0.1, 0.15) is 11.6 Å². The maximum Gasteiger partial charge on any atom is 0.309 e. The molecule has 0 aromatic carbocycles. The molecule has 1 aliphatic rings. The first-order chi connectivity index (χ1) is 11.5. The number of piperidine rings is 1. The Morgan fingerprint density at radius 1 is 1.38 bits per heavy atom. The van der Waals surface area contributed by atoms with Crippen LogP contribution in [-0.4, -0.2) is 54.1 Å². The van der Waals surface area contributed by atoms with Gasteiger partial charge >= 0.3 is 11.9 Å². The molecule has 0 spiro atoms. The summed E-state index contributed by atoms with van der Waals surface area (Å²) in [6.07, 6.45) is 3.01. The maximum atomic E-state index is 11.9. The molecule has 132 valence electrons. The van der Waals surface area contributed by atoms with Crippen LogP contribution in [0.15, 0.2) is 11.8 Å². The summed E-state index contributed by atoms with van der Waals surface area (Å²) in [5.74, 6) is -1.78. The fourth-order valence-corrected chi connectivity index (χ4v) is 2.38. The second-order valence-corrected chi connectivity index (χ2v) is 5.47. The van der Waals surface area contributed by atoms with E-state index in [1.54, 1.807) is 6.92 Å². The van der Waals surface area contributed by atoms with E-state index in [1.807, 2.05) is 11.0 Å². The fourth-order valence-electron chi connectivity index (χ4n) is 2.38. The van der Waals surface area contributed by atoms with Gasteiger partial charge in [-0.05, 0) is 26.2 Å². The van der Waals surface area contributed by atoms with E-state index in [-0.39, 0.29) is 30.4 Å². The van der Waals surface area contributed by atoms with E-state index in [0.29, 0.717) is 39.0 Å². The molecule has 0 aromatic rings. The van der Waals surface area contributed by atoms with E-state index in [0.717, 1.165) is 0 Å². The first-order valence-electron chi connectivity index (χ1n) is 8.00. The number of carboxylic acids is 1. The average molecular weight is 337 g/mol. The third kappa shape index (κ3) is 6.69. The molecular formula is C16H23N3O5. The molecule has 1 rings (SSSR count). The summed E-state index contributed by atoms with van der Waals surface area (Å²) in [4.78, 5) is 35.8. The van der Waals surface area contributed by atoms with Crippen LogP contribution >= 0.6 is 0 Å². The van der Waals surface area contributed by atoms with Crippen LogP contribution in [0.4, 0.5) is 0 Å². The summed E-state index contributed by atoms with van der Waals surface area (Å²) >= 11 is 0. The number of esters is 1. The van der Waals surface area contributed by atoms with Crippen molar-refractivity contribution in [2.75, 3.05) is 26.2 Å². The number of hydrogen-bond acceptors (Lipinski definition) is 6. The molecular weight excluding hydrogens is 314 g/mol. The number of nitriles is 1. The molecule has 1 fully saturated rings. The van der Waals surface area contributed by atoms with E-state index in [9.17, 15) is 14.4 Å². The zero-order chi connectivity index (χ0) is 17.9. The summed E-state index contributed by atoms with van der Waals surface area (Å²) in [6.45, 7) is 3.47. The summed E-state index contributed by atoms with van der Waals surface area (Å²) < 4.78 is 5.00. The predicted molar refractivity (Wildman–Crippen MR) is 84.5 cm³/mol. The van der Waals surface area contributed by atoms with Gasteiger partial charge in [-0.1, -0.05) is 0 Å². The molecule has 0 bridgehead atoms. The Morgan fingerprint density at radius 2 is 2.04 bits per heavy atom. The minimum Gasteiger partial charge on any atom is -0.481 e. The van der Waals surface area contributed by atoms with E-state index in [1.165, 1.54) is 6.20 Å². The SMILES string of the molecule is CCOC(=O)C1CCN(/C=C(/C#N)C(=O)NCCCC(=O)O)CC1. The van der Waals surface area contributed by atoms with Gasteiger partial charge in [0.05, 0.1) is 12.5 Å². The third-order valence-corrected chi connectivity index (χ3v) is 3.68. The molecule has 0 atom stereocenters. The first-order valence-corrected chi connectivity index (χ1v) is 8.00. The van der Waals surface area contributed by atoms with Gasteiger partial charge in [0, 0.05) is 32.3 Å². The van der Waals surface area contributed by atoms with E-state index < -0.39 is 11.9 Å². The molecule has 2 N–H and O–H groups in total. The van der Waals surface area contributed by atoms with Crippen LogP contribution in [0.5, 0.6) is 0 Å². The Morgan fingerprint density at radius 3 is 2.58 bits per heavy atom. The third-order valence-electron chi connectivity index (χ3n) is 3.68. The van der Waals surface area contributed by atoms with Crippen LogP contribution in [-0.2, 0) is 19.1 Å². The lowest BCUT2D eigenvalue weighted by atomic mass is 9.97. The molecule has 0 radical (unpaired) electrons. The van der Waals surface area contributed by atoms with Gasteiger partial charge in [0.25, 0.3) is 5.91 Å². The summed E-state index contributed by atoms with van der Waals surface area (Å²) in [7, 11) is 0. The van der Waals surface area contributed by atoms with Gasteiger partial charge in [-0.25, -0.2) is 0 Å². The Labute approximate surface area is 141 Å². The summed E-state index contributed by atoms with van der Waals surface area (Å²) in [5, 5.41) is 20.2. The molecule has 0 saturated carbocycles. The smallest absolute Gasteiger partial charge is 0.309 e. The molecule has 0 aromatic heterocycles. The van der Waals surface area contributed by atoms with Crippen LogP contribution in [0.1, 0.15) is 32.6 Å². The van der Waals surface area contributed by atoms with Gasteiger partial charge in [-0.15, -0.1) is 0 Å². The second kappa shape index (κ2) is 10.3. The van der Waals surface area contributed by atoms with Crippen molar-refractivity contribution in [3.05, 3.63) is 11.8 Å². The number of nitrogens with one attached hydrogen (secondary N) is 1. The predicted octanol–water partition coefficient (Wildman–Crippen LogP) is 0.650. The number of amides is 1. The van der Waals surface area contributed by atoms with Crippen molar-refractivity contribution in [1.29, 1.82) is 5.26 Å². The molecule has 8 heteroatoms. The fraction of sp³-hybridized carbons (Fsp3) is 0.625. The highest BCUT2D eigenvalue weighted by atomic mass is 16.5. The molecule has 1 heterocycles. The lowest BCUT2D eigenvalue weighted by Gasteiger charge is -2.30. The van der Waals surface area contributed by atoms with Gasteiger partial charge in [0.2, 0.25) is 0 Å². The lowest BCUT2D eigenvalue weighted by molar-refractivity contribution is -0.149. The zero-order valence-electron chi connectivity index (χ0n) is 13.8. The average Bonchev–Trinajstić information content (AvgIpc) is 2.57. The number of aliphatic carboxylic acids is 1. The molecule has 0 aliphatic carbocycles. The van der Waals surface area contributed by atoms with Crippen molar-refractivity contribution in [1.82, 2.24) is 10.2 Å². The quantitative estimate of drug-likeness (QED) is 0.289. The highest BCUT2D eigenvalue weighted by Crippen LogP contribution is 2.19. The highest BCUT2D eigenvalue weighted by molar-refractivity contribution is 5.97. The normalized spacial score (nSPS) is 15.5. The number of likely N-dealkylation sites (tertiary alicyclic amines) is 1. The summed E-state index contributed by atoms with van der Waals surface area (Å²) in [6, 6.07) is 1.85. The molecule has 0 unspecified atom stereocenters. The van der Waals surface area contributed by atoms with Gasteiger partial charge in [0.15, 0.2) is 0 Å². The number of nitrogens with zero attached hydrogens (tertiary/aromatic N) is 2. The first kappa shape index (κ1) is 19.5. The second-order valence-electron chi connectivity index (χ2n) is 5.47. The van der Waals surface area contributed by atoms with Gasteiger partial charge < -0.3 is 20.1 Å². The van der Waals surface area contributed by atoms with Crippen molar-refractivity contribution in [2.45, 2.75) is 32.6 Å². The van der Waals surface area contributed by atoms with Crippen molar-refractivity contribution in [3.63, 3.8) is 0 Å². The number of carbonyl (C=O) groups excluding carboxylic acids is 2. The van der Waals surface area contributed by atoms with E-state index in [2.05, 4.69) is 5.32 Å². The number of carbonyl (C=O) groups is 3. The number of carboxylic acid groups (broad SMARTS) is 1. The minimum absolute atomic E-state index is 0.0279. The van der Waals surface area contributed by atoms with Crippen molar-refractivity contribution in [2.24, 2.45) is 5.92 Å². The summed E-state index contributed by atoms with van der Waals surface area (Å²) in [5.41, 5.74) is -0.0279. The Hall–Kier alpha value is -2.56. The Balaban J connectivity index is 2.46. The molecule has 8 nitrogen and oxygen atoms in total. The van der Waals surface area contributed by atoms with Crippen LogP contribution in [0.2, 0.25) is 0 Å². The largest absolute Gasteiger partial charge is 0.481 e. The Bertz CT molecular complexity index is 530. The van der Waals surface area contributed by atoms with Crippen LogP contribution in [0.3, 0.4) is 0 Å². The van der Waals surface area contributed by atoms with E-state index in [4.69, 9.17) is 15.1 Å². The van der Waals surface area contributed by atoms with Crippen molar-refractivity contribution in [3.8, 4) is 6.07 Å². The zero-order valence-corrected chi connectivity index (χ0v) is 13.8. The highest BCUT2D eigenvalue weighted by Gasteiger charge is 2.25. The number of ether oxygens (including phenoxy) is 1. The van der Waals surface area contributed by atoms with Crippen LogP contribution in [0.25, 0.3) is 0 Å². The Kier molecular flexibility index (Phi) is 8.33. The lowest BCUT2D eigenvalue weighted by Crippen LogP contribution is -2.35. The molecule has 1 saturated heterocycles. The topological polar surface area (TPSA) is 120 Å². The molecule has 1 aliphatic heterocycles. The van der Waals surface area contributed by atoms with E-state index >= 15 is 0 Å². The molecule has 24 heavy (non-hydrogen) atoms. The van der Waals surface area contributed by atoms with Crippen molar-refractivity contribution < 1.29 is 24.2 Å². The van der Waals surface area contributed by atoms with Crippen LogP contribution in [0, 0.1) is 17.2 Å². The monoisotopic (exact) mass is 337 g/mol. The minimum atomic E-state index is -0.926.